The van der Waals surface area contributed by atoms with E-state index in [2.05, 4.69) is 23.9 Å². The van der Waals surface area contributed by atoms with Gasteiger partial charge in [0.05, 0.1) is 10.6 Å². The number of thiophene rings is 1. The van der Waals surface area contributed by atoms with Gasteiger partial charge in [-0.25, -0.2) is 9.67 Å². The highest BCUT2D eigenvalue weighted by Gasteiger charge is 2.18. The van der Waals surface area contributed by atoms with Gasteiger partial charge in [-0.2, -0.15) is 5.10 Å². The van der Waals surface area contributed by atoms with E-state index in [1.807, 2.05) is 37.4 Å². The van der Waals surface area contributed by atoms with E-state index in [0.717, 1.165) is 27.8 Å². The summed E-state index contributed by atoms with van der Waals surface area (Å²) < 4.78 is 1.80. The topological polar surface area (TPSA) is 56.7 Å². The Morgan fingerprint density at radius 1 is 1.15 bits per heavy atom. The van der Waals surface area contributed by atoms with E-state index in [1.54, 1.807) is 16.0 Å². The molecule has 0 saturated carbocycles. The minimum absolute atomic E-state index is 0.728. The highest BCUT2D eigenvalue weighted by molar-refractivity contribution is 7.16. The van der Waals surface area contributed by atoms with E-state index in [4.69, 9.17) is 5.73 Å². The zero-order valence-electron chi connectivity index (χ0n) is 11.7. The van der Waals surface area contributed by atoms with Crippen molar-refractivity contribution in [2.45, 2.75) is 13.8 Å². The number of anilines is 1. The molecule has 0 bridgehead atoms. The average Bonchev–Trinajstić information content (AvgIpc) is 2.92. The van der Waals surface area contributed by atoms with Crippen molar-refractivity contribution in [3.8, 4) is 22.8 Å². The molecular formula is C15H16N4S. The fourth-order valence-electron chi connectivity index (χ4n) is 2.24. The molecule has 5 heteroatoms. The van der Waals surface area contributed by atoms with Crippen molar-refractivity contribution in [1.29, 1.82) is 0 Å². The molecule has 0 aliphatic carbocycles. The molecule has 0 amide bonds. The van der Waals surface area contributed by atoms with Gasteiger partial charge in [-0.3, -0.25) is 0 Å². The molecule has 1 aromatic carbocycles. The lowest BCUT2D eigenvalue weighted by Gasteiger charge is -2.00. The number of benzene rings is 1. The monoisotopic (exact) mass is 284 g/mol. The summed E-state index contributed by atoms with van der Waals surface area (Å²) in [5.74, 6) is 1.55. The van der Waals surface area contributed by atoms with Crippen LogP contribution in [0.1, 0.15) is 10.4 Å². The Hall–Kier alpha value is -2.14. The molecule has 2 N–H and O–H groups in total. The molecule has 0 aliphatic heterocycles. The highest BCUT2D eigenvalue weighted by atomic mass is 32.1. The van der Waals surface area contributed by atoms with Crippen molar-refractivity contribution < 1.29 is 0 Å². The molecule has 0 fully saturated rings. The summed E-state index contributed by atoms with van der Waals surface area (Å²) in [6, 6.07) is 9.97. The van der Waals surface area contributed by atoms with Crippen LogP contribution in [-0.4, -0.2) is 14.8 Å². The summed E-state index contributed by atoms with van der Waals surface area (Å²) in [5.41, 5.74) is 9.33. The number of aryl methyl sites for hydroxylation is 2. The van der Waals surface area contributed by atoms with Crippen LogP contribution in [-0.2, 0) is 7.05 Å². The Kier molecular flexibility index (Phi) is 3.06. The number of nitrogens with zero attached hydrogens (tertiary/aromatic N) is 3. The second kappa shape index (κ2) is 4.76. The average molecular weight is 284 g/mol. The highest BCUT2D eigenvalue weighted by Crippen LogP contribution is 2.37. The van der Waals surface area contributed by atoms with E-state index in [-0.39, 0.29) is 0 Å². The third-order valence-electron chi connectivity index (χ3n) is 3.43. The van der Waals surface area contributed by atoms with Gasteiger partial charge in [-0.1, -0.05) is 30.3 Å². The first-order chi connectivity index (χ1) is 9.58. The van der Waals surface area contributed by atoms with Crippen molar-refractivity contribution in [2.24, 2.45) is 7.05 Å². The maximum atomic E-state index is 6.13. The van der Waals surface area contributed by atoms with Gasteiger partial charge >= 0.3 is 0 Å². The maximum Gasteiger partial charge on any atom is 0.181 e. The van der Waals surface area contributed by atoms with Crippen LogP contribution in [0.5, 0.6) is 0 Å². The van der Waals surface area contributed by atoms with Crippen LogP contribution in [0.3, 0.4) is 0 Å². The zero-order valence-corrected chi connectivity index (χ0v) is 12.5. The lowest BCUT2D eigenvalue weighted by molar-refractivity contribution is 0.777. The summed E-state index contributed by atoms with van der Waals surface area (Å²) in [7, 11) is 1.90. The van der Waals surface area contributed by atoms with Gasteiger partial charge < -0.3 is 5.73 Å². The van der Waals surface area contributed by atoms with Crippen LogP contribution >= 0.6 is 11.3 Å². The lowest BCUT2D eigenvalue weighted by atomic mass is 10.1. The third-order valence-corrected chi connectivity index (χ3v) is 4.47. The molecule has 0 saturated heterocycles. The van der Waals surface area contributed by atoms with Crippen LogP contribution in [0.4, 0.5) is 5.00 Å². The first-order valence-electron chi connectivity index (χ1n) is 6.40. The minimum atomic E-state index is 0.728. The van der Waals surface area contributed by atoms with Crippen molar-refractivity contribution in [2.75, 3.05) is 5.73 Å². The van der Waals surface area contributed by atoms with Gasteiger partial charge in [-0.15, -0.1) is 11.3 Å². The number of hydrogen-bond donors (Lipinski definition) is 1. The zero-order chi connectivity index (χ0) is 14.3. The van der Waals surface area contributed by atoms with E-state index in [9.17, 15) is 0 Å². The Morgan fingerprint density at radius 3 is 2.45 bits per heavy atom. The van der Waals surface area contributed by atoms with Crippen molar-refractivity contribution in [3.63, 3.8) is 0 Å². The van der Waals surface area contributed by atoms with Gasteiger partial charge in [0.1, 0.15) is 0 Å². The second-order valence-electron chi connectivity index (χ2n) is 4.77. The molecule has 0 radical (unpaired) electrons. The number of nitrogen functional groups attached to an aromatic ring is 1. The molecule has 2 heterocycles. The van der Waals surface area contributed by atoms with Gasteiger partial charge in [0, 0.05) is 17.5 Å². The van der Waals surface area contributed by atoms with E-state index >= 15 is 0 Å². The molecule has 4 nitrogen and oxygen atoms in total. The fraction of sp³-hybridized carbons (Fsp3) is 0.200. The molecule has 3 rings (SSSR count). The molecule has 2 aromatic heterocycles. The van der Waals surface area contributed by atoms with Crippen LogP contribution in [0.25, 0.3) is 22.8 Å². The lowest BCUT2D eigenvalue weighted by Crippen LogP contribution is -1.97. The van der Waals surface area contributed by atoms with Crippen molar-refractivity contribution in [3.05, 3.63) is 40.8 Å². The summed E-state index contributed by atoms with van der Waals surface area (Å²) >= 11 is 1.60. The van der Waals surface area contributed by atoms with Gasteiger partial charge in [0.15, 0.2) is 11.6 Å². The predicted octanol–water partition coefficient (Wildman–Crippen LogP) is 3.41. The third kappa shape index (κ3) is 2.00. The predicted molar refractivity (Wildman–Crippen MR) is 83.6 cm³/mol. The second-order valence-corrected chi connectivity index (χ2v) is 6.03. The van der Waals surface area contributed by atoms with Gasteiger partial charge in [0.2, 0.25) is 0 Å². The summed E-state index contributed by atoms with van der Waals surface area (Å²) in [6.07, 6.45) is 0. The molecule has 0 atom stereocenters. The van der Waals surface area contributed by atoms with E-state index < -0.39 is 0 Å². The standard InChI is InChI=1S/C15H16N4S/c1-9-10(2)20-13(16)12(9)15-17-14(18-19(15)3)11-7-5-4-6-8-11/h4-8H,16H2,1-3H3. The molecule has 20 heavy (non-hydrogen) atoms. The van der Waals surface area contributed by atoms with Crippen molar-refractivity contribution >= 4 is 16.3 Å². The van der Waals surface area contributed by atoms with Crippen LogP contribution in [0, 0.1) is 13.8 Å². The fourth-order valence-corrected chi connectivity index (χ4v) is 3.17. The quantitative estimate of drug-likeness (QED) is 0.784. The number of hydrogen-bond acceptors (Lipinski definition) is 4. The first kappa shape index (κ1) is 12.9. The van der Waals surface area contributed by atoms with E-state index in [0.29, 0.717) is 0 Å². The summed E-state index contributed by atoms with van der Waals surface area (Å²) in [6.45, 7) is 4.16. The SMILES string of the molecule is Cc1sc(N)c(-c2nc(-c3ccccc3)nn2C)c1C. The normalized spacial score (nSPS) is 10.9. The Morgan fingerprint density at radius 2 is 1.85 bits per heavy atom. The first-order valence-corrected chi connectivity index (χ1v) is 7.22. The molecule has 0 spiro atoms. The molecular weight excluding hydrogens is 268 g/mol. The number of rotatable bonds is 2. The smallest absolute Gasteiger partial charge is 0.181 e. The number of aromatic nitrogens is 3. The Bertz CT molecular complexity index is 756. The van der Waals surface area contributed by atoms with E-state index in [1.165, 1.54) is 10.4 Å². The van der Waals surface area contributed by atoms with Crippen LogP contribution < -0.4 is 5.73 Å². The van der Waals surface area contributed by atoms with Crippen LogP contribution in [0.2, 0.25) is 0 Å². The van der Waals surface area contributed by atoms with Crippen molar-refractivity contribution in [1.82, 2.24) is 14.8 Å². The van der Waals surface area contributed by atoms with Crippen LogP contribution in [0.15, 0.2) is 30.3 Å². The van der Waals surface area contributed by atoms with Gasteiger partial charge in [0.25, 0.3) is 0 Å². The minimum Gasteiger partial charge on any atom is -0.390 e. The van der Waals surface area contributed by atoms with Gasteiger partial charge in [-0.05, 0) is 19.4 Å². The molecule has 0 unspecified atom stereocenters. The Labute approximate surface area is 121 Å². The summed E-state index contributed by atoms with van der Waals surface area (Å²) in [5, 5.41) is 5.30. The Balaban J connectivity index is 2.15. The maximum absolute atomic E-state index is 6.13. The molecule has 102 valence electrons. The number of nitrogens with two attached hydrogens (primary N) is 1. The molecule has 3 aromatic rings. The molecule has 0 aliphatic rings. The summed E-state index contributed by atoms with van der Waals surface area (Å²) in [4.78, 5) is 5.89. The largest absolute Gasteiger partial charge is 0.390 e.